The quantitative estimate of drug-likeness (QED) is 0.621. The van der Waals surface area contributed by atoms with E-state index in [0.29, 0.717) is 0 Å². The predicted molar refractivity (Wildman–Crippen MR) is 47.0 cm³/mol. The Morgan fingerprint density at radius 1 is 1.36 bits per heavy atom. The second-order valence-corrected chi connectivity index (χ2v) is 3.63. The minimum Gasteiger partial charge on any atom is -0.207 e. The SMILES string of the molecule is Fc1ccc2c(c1)CC(Br)=C2. The van der Waals surface area contributed by atoms with Crippen LogP contribution in [0.15, 0.2) is 22.7 Å². The van der Waals surface area contributed by atoms with Crippen molar-refractivity contribution in [2.24, 2.45) is 0 Å². The van der Waals surface area contributed by atoms with Crippen LogP contribution < -0.4 is 0 Å². The Morgan fingerprint density at radius 2 is 2.18 bits per heavy atom. The van der Waals surface area contributed by atoms with E-state index in [0.717, 1.165) is 22.0 Å². The molecule has 0 aliphatic heterocycles. The van der Waals surface area contributed by atoms with Crippen LogP contribution in [0.4, 0.5) is 4.39 Å². The molecule has 0 saturated heterocycles. The van der Waals surface area contributed by atoms with Crippen molar-refractivity contribution in [1.29, 1.82) is 0 Å². The van der Waals surface area contributed by atoms with Gasteiger partial charge in [0.2, 0.25) is 0 Å². The summed E-state index contributed by atoms with van der Waals surface area (Å²) in [6, 6.07) is 4.87. The van der Waals surface area contributed by atoms with Crippen LogP contribution in [0.5, 0.6) is 0 Å². The average molecular weight is 213 g/mol. The van der Waals surface area contributed by atoms with Crippen LogP contribution in [0.25, 0.3) is 6.08 Å². The van der Waals surface area contributed by atoms with Crippen molar-refractivity contribution in [3.63, 3.8) is 0 Å². The fourth-order valence-electron chi connectivity index (χ4n) is 1.27. The van der Waals surface area contributed by atoms with Crippen molar-refractivity contribution in [3.8, 4) is 0 Å². The summed E-state index contributed by atoms with van der Waals surface area (Å²) >= 11 is 3.38. The third-order valence-corrected chi connectivity index (χ3v) is 2.29. The maximum atomic E-state index is 12.7. The molecule has 0 fully saturated rings. The molecule has 1 aliphatic rings. The lowest BCUT2D eigenvalue weighted by Crippen LogP contribution is -1.83. The Balaban J connectivity index is 2.52. The van der Waals surface area contributed by atoms with Crippen LogP contribution in [-0.4, -0.2) is 0 Å². The lowest BCUT2D eigenvalue weighted by Gasteiger charge is -1.96. The van der Waals surface area contributed by atoms with Gasteiger partial charge in [-0.25, -0.2) is 4.39 Å². The molecule has 0 nitrogen and oxygen atoms in total. The van der Waals surface area contributed by atoms with Gasteiger partial charge in [0.05, 0.1) is 0 Å². The van der Waals surface area contributed by atoms with Gasteiger partial charge in [-0.1, -0.05) is 22.0 Å². The van der Waals surface area contributed by atoms with Crippen molar-refractivity contribution >= 4 is 22.0 Å². The first-order valence-electron chi connectivity index (χ1n) is 3.40. The van der Waals surface area contributed by atoms with Crippen LogP contribution in [0.1, 0.15) is 11.1 Å². The van der Waals surface area contributed by atoms with Crippen molar-refractivity contribution in [2.45, 2.75) is 6.42 Å². The number of allylic oxidation sites excluding steroid dienone is 1. The molecule has 0 spiro atoms. The summed E-state index contributed by atoms with van der Waals surface area (Å²) in [7, 11) is 0. The van der Waals surface area contributed by atoms with Gasteiger partial charge in [-0.15, -0.1) is 0 Å². The number of hydrogen-bond donors (Lipinski definition) is 0. The highest BCUT2D eigenvalue weighted by molar-refractivity contribution is 9.11. The molecule has 0 amide bonds. The van der Waals surface area contributed by atoms with E-state index in [2.05, 4.69) is 15.9 Å². The van der Waals surface area contributed by atoms with Crippen LogP contribution in [-0.2, 0) is 6.42 Å². The maximum Gasteiger partial charge on any atom is 0.123 e. The third kappa shape index (κ3) is 1.23. The molecule has 1 aromatic carbocycles. The number of halogens is 2. The molecule has 0 radical (unpaired) electrons. The predicted octanol–water partition coefficient (Wildman–Crippen LogP) is 3.12. The zero-order valence-corrected chi connectivity index (χ0v) is 7.36. The van der Waals surface area contributed by atoms with E-state index in [1.807, 2.05) is 6.08 Å². The molecule has 2 rings (SSSR count). The highest BCUT2D eigenvalue weighted by Gasteiger charge is 2.10. The van der Waals surface area contributed by atoms with E-state index in [1.54, 1.807) is 12.1 Å². The van der Waals surface area contributed by atoms with E-state index >= 15 is 0 Å². The summed E-state index contributed by atoms with van der Waals surface area (Å²) in [5.41, 5.74) is 2.19. The monoisotopic (exact) mass is 212 g/mol. The fraction of sp³-hybridized carbons (Fsp3) is 0.111. The summed E-state index contributed by atoms with van der Waals surface area (Å²) in [6.07, 6.45) is 2.85. The highest BCUT2D eigenvalue weighted by atomic mass is 79.9. The largest absolute Gasteiger partial charge is 0.207 e. The topological polar surface area (TPSA) is 0 Å². The third-order valence-electron chi connectivity index (χ3n) is 1.78. The molecule has 2 heteroatoms. The Kier molecular flexibility index (Phi) is 1.57. The molecule has 1 aliphatic carbocycles. The van der Waals surface area contributed by atoms with Gasteiger partial charge in [-0.2, -0.15) is 0 Å². The number of fused-ring (bicyclic) bond motifs is 1. The van der Waals surface area contributed by atoms with Gasteiger partial charge in [0.25, 0.3) is 0 Å². The summed E-state index contributed by atoms with van der Waals surface area (Å²) in [6.45, 7) is 0. The molecule has 0 unspecified atom stereocenters. The van der Waals surface area contributed by atoms with Crippen molar-refractivity contribution in [2.75, 3.05) is 0 Å². The minimum absolute atomic E-state index is 0.153. The molecule has 0 N–H and O–H groups in total. The highest BCUT2D eigenvalue weighted by Crippen LogP contribution is 2.28. The van der Waals surface area contributed by atoms with E-state index in [4.69, 9.17) is 0 Å². The average Bonchev–Trinajstić information content (AvgIpc) is 2.27. The van der Waals surface area contributed by atoms with Crippen molar-refractivity contribution in [1.82, 2.24) is 0 Å². The first-order valence-corrected chi connectivity index (χ1v) is 4.19. The maximum absolute atomic E-state index is 12.7. The first kappa shape index (κ1) is 7.04. The molecule has 56 valence electrons. The Labute approximate surface area is 72.9 Å². The van der Waals surface area contributed by atoms with Gasteiger partial charge in [-0.05, 0) is 29.3 Å². The van der Waals surface area contributed by atoms with Gasteiger partial charge >= 0.3 is 0 Å². The second kappa shape index (κ2) is 2.45. The molecule has 0 atom stereocenters. The Hall–Kier alpha value is -0.630. The first-order chi connectivity index (χ1) is 5.25. The van der Waals surface area contributed by atoms with Gasteiger partial charge < -0.3 is 0 Å². The van der Waals surface area contributed by atoms with Crippen molar-refractivity contribution in [3.05, 3.63) is 39.6 Å². The van der Waals surface area contributed by atoms with Crippen LogP contribution in [0.2, 0.25) is 0 Å². The van der Waals surface area contributed by atoms with Gasteiger partial charge in [0.1, 0.15) is 5.82 Å². The number of rotatable bonds is 0. The van der Waals surface area contributed by atoms with Crippen LogP contribution >= 0.6 is 15.9 Å². The molecule has 11 heavy (non-hydrogen) atoms. The molecular weight excluding hydrogens is 207 g/mol. The number of benzene rings is 1. The van der Waals surface area contributed by atoms with E-state index in [-0.39, 0.29) is 5.82 Å². The smallest absolute Gasteiger partial charge is 0.123 e. The van der Waals surface area contributed by atoms with Gasteiger partial charge in [-0.3, -0.25) is 0 Å². The lowest BCUT2D eigenvalue weighted by molar-refractivity contribution is 0.626. The fourth-order valence-corrected chi connectivity index (χ4v) is 1.82. The molecule has 1 aromatic rings. The van der Waals surface area contributed by atoms with E-state index < -0.39 is 0 Å². The molecule has 0 heterocycles. The summed E-state index contributed by atoms with van der Waals surface area (Å²) in [5.74, 6) is -0.153. The summed E-state index contributed by atoms with van der Waals surface area (Å²) in [5, 5.41) is 0. The molecule has 0 saturated carbocycles. The minimum atomic E-state index is -0.153. The zero-order valence-electron chi connectivity index (χ0n) is 5.77. The van der Waals surface area contributed by atoms with Crippen LogP contribution in [0.3, 0.4) is 0 Å². The molecule has 0 bridgehead atoms. The normalized spacial score (nSPS) is 14.5. The number of hydrogen-bond acceptors (Lipinski definition) is 0. The Bertz CT molecular complexity index is 328. The molecule has 0 aromatic heterocycles. The van der Waals surface area contributed by atoms with Crippen molar-refractivity contribution < 1.29 is 4.39 Å². The van der Waals surface area contributed by atoms with Gasteiger partial charge in [0.15, 0.2) is 0 Å². The van der Waals surface area contributed by atoms with E-state index in [9.17, 15) is 4.39 Å². The van der Waals surface area contributed by atoms with E-state index in [1.165, 1.54) is 6.07 Å². The standard InChI is InChI=1S/C9H6BrF/c10-8-3-6-1-2-9(11)5-7(6)4-8/h1-3,5H,4H2. The zero-order chi connectivity index (χ0) is 7.84. The summed E-state index contributed by atoms with van der Waals surface area (Å²) in [4.78, 5) is 0. The summed E-state index contributed by atoms with van der Waals surface area (Å²) < 4.78 is 13.8. The van der Waals surface area contributed by atoms with Gasteiger partial charge in [0, 0.05) is 10.9 Å². The Morgan fingerprint density at radius 3 is 3.00 bits per heavy atom. The molecular formula is C9H6BrF. The van der Waals surface area contributed by atoms with Crippen LogP contribution in [0, 0.1) is 5.82 Å². The lowest BCUT2D eigenvalue weighted by atomic mass is 10.1. The second-order valence-electron chi connectivity index (χ2n) is 2.61.